The summed E-state index contributed by atoms with van der Waals surface area (Å²) in [5.74, 6) is 0.387. The average molecular weight is 1060 g/mol. The number of nitrogens with two attached hydrogens (primary N) is 2. The zero-order valence-electron chi connectivity index (χ0n) is 39.3. The third kappa shape index (κ3) is 12.2. The number of halogens is 4. The number of carboxylic acids is 1. The van der Waals surface area contributed by atoms with Gasteiger partial charge in [-0.15, -0.1) is 0 Å². The molecule has 22 heteroatoms. The smallest absolute Gasteiger partial charge is 0.337 e. The Morgan fingerprint density at radius 3 is 1.46 bits per heavy atom. The molecular formula is C50H45Cl4N9O9. The summed E-state index contributed by atoms with van der Waals surface area (Å²) in [7, 11) is 9.95. The van der Waals surface area contributed by atoms with E-state index in [0.717, 1.165) is 18.0 Å². The van der Waals surface area contributed by atoms with Gasteiger partial charge in [0.05, 0.1) is 76.3 Å². The molecule has 3 aromatic heterocycles. The van der Waals surface area contributed by atoms with Gasteiger partial charge >= 0.3 is 5.97 Å². The van der Waals surface area contributed by atoms with Gasteiger partial charge in [0.15, 0.2) is 0 Å². The van der Waals surface area contributed by atoms with Crippen LogP contribution in [0.25, 0.3) is 44.3 Å². The van der Waals surface area contributed by atoms with Crippen molar-refractivity contribution in [3.05, 3.63) is 141 Å². The van der Waals surface area contributed by atoms with Crippen LogP contribution in [0.3, 0.4) is 0 Å². The number of carboxylic acid groups (broad SMARTS) is 1. The Kier molecular flexibility index (Phi) is 18.2. The number of aromatic nitrogens is 5. The molecule has 0 radical (unpaired) electrons. The lowest BCUT2D eigenvalue weighted by Gasteiger charge is -2.16. The van der Waals surface area contributed by atoms with Crippen molar-refractivity contribution in [1.29, 1.82) is 0 Å². The molecule has 0 fully saturated rings. The van der Waals surface area contributed by atoms with Gasteiger partial charge in [0.25, 0.3) is 5.91 Å². The van der Waals surface area contributed by atoms with Crippen LogP contribution in [0.15, 0.2) is 104 Å². The number of methoxy groups -OCH3 is 4. The molecule has 3 heterocycles. The minimum atomic E-state index is -1.10. The number of carbonyl (C=O) groups is 3. The topological polar surface area (TPSA) is 249 Å². The number of aromatic carboxylic acids is 1. The zero-order valence-corrected chi connectivity index (χ0v) is 42.3. The van der Waals surface area contributed by atoms with Crippen LogP contribution in [0, 0.1) is 0 Å². The number of benzene rings is 5. The van der Waals surface area contributed by atoms with Crippen molar-refractivity contribution < 1.29 is 43.2 Å². The summed E-state index contributed by atoms with van der Waals surface area (Å²) in [4.78, 5) is 59.0. The van der Waals surface area contributed by atoms with Crippen LogP contribution < -0.4 is 40.5 Å². The molecule has 372 valence electrons. The predicted octanol–water partition coefficient (Wildman–Crippen LogP) is 9.90. The second kappa shape index (κ2) is 24.4. The number of fused-ring (bicyclic) bond motifs is 2. The lowest BCUT2D eigenvalue weighted by molar-refractivity contribution is 0.0698. The van der Waals surface area contributed by atoms with Gasteiger partial charge < -0.3 is 50.5 Å². The summed E-state index contributed by atoms with van der Waals surface area (Å²) in [5.41, 5.74) is 15.3. The fourth-order valence-electron chi connectivity index (χ4n) is 6.82. The summed E-state index contributed by atoms with van der Waals surface area (Å²) in [6.45, 7) is 1.63. The van der Waals surface area contributed by atoms with Crippen molar-refractivity contribution in [2.45, 2.75) is 0 Å². The first-order valence-electron chi connectivity index (χ1n) is 21.1. The maximum Gasteiger partial charge on any atom is 0.337 e. The van der Waals surface area contributed by atoms with Crippen LogP contribution in [0.1, 0.15) is 31.1 Å². The Morgan fingerprint density at radius 2 is 1.06 bits per heavy atom. The fraction of sp³-hybridized carbons (Fsp3) is 0.160. The number of nitrogens with zero attached hydrogens (tertiary/aromatic N) is 6. The Bertz CT molecular complexity index is 3220. The van der Waals surface area contributed by atoms with Crippen molar-refractivity contribution in [2.24, 2.45) is 5.73 Å². The number of hydrogen-bond acceptors (Lipinski definition) is 15. The first kappa shape index (κ1) is 53.6. The number of primary amides is 1. The average Bonchev–Trinajstić information content (AvgIpc) is 3.37. The largest absolute Gasteiger partial charge is 0.495 e. The number of anilines is 2. The number of pyridine rings is 1. The van der Waals surface area contributed by atoms with Crippen LogP contribution in [0.2, 0.25) is 20.1 Å². The Labute approximate surface area is 432 Å². The minimum Gasteiger partial charge on any atom is -0.495 e. The fourth-order valence-corrected chi connectivity index (χ4v) is 8.23. The third-order valence-corrected chi connectivity index (χ3v) is 11.9. The van der Waals surface area contributed by atoms with Crippen molar-refractivity contribution in [1.82, 2.24) is 29.8 Å². The monoisotopic (exact) mass is 1060 g/mol. The van der Waals surface area contributed by atoms with E-state index in [4.69, 9.17) is 81.6 Å². The third-order valence-electron chi connectivity index (χ3n) is 10.4. The number of amides is 2. The van der Waals surface area contributed by atoms with Gasteiger partial charge in [-0.1, -0.05) is 58.5 Å². The summed E-state index contributed by atoms with van der Waals surface area (Å²) < 4.78 is 26.8. The molecule has 0 bridgehead atoms. The Morgan fingerprint density at radius 1 is 0.611 bits per heavy atom. The molecule has 5 aromatic carbocycles. The maximum absolute atomic E-state index is 13.0. The lowest BCUT2D eigenvalue weighted by Crippen LogP contribution is -2.19. The van der Waals surface area contributed by atoms with Crippen LogP contribution in [-0.4, -0.2) is 108 Å². The molecule has 0 spiro atoms. The number of likely N-dealkylation sites (N-methyl/N-ethyl adjacent to an activating group) is 1. The normalized spacial score (nSPS) is 10.7. The predicted molar refractivity (Wildman–Crippen MR) is 279 cm³/mol. The molecule has 0 saturated heterocycles. The molecule has 18 nitrogen and oxygen atoms in total. The lowest BCUT2D eigenvalue weighted by atomic mass is 9.99. The Balaban J connectivity index is 0.000000195. The quantitative estimate of drug-likeness (QED) is 0.0740. The second-order valence-electron chi connectivity index (χ2n) is 15.2. The van der Waals surface area contributed by atoms with Gasteiger partial charge in [0.2, 0.25) is 5.91 Å². The van der Waals surface area contributed by atoms with Crippen LogP contribution in [0.5, 0.6) is 28.7 Å². The maximum atomic E-state index is 13.0. The minimum absolute atomic E-state index is 0.0361. The molecule has 6 N–H and O–H groups in total. The summed E-state index contributed by atoms with van der Waals surface area (Å²) in [6, 6.07) is 19.8. The standard InChI is InChI=1S/C23H17Cl2N5O4.C17H12Cl2N2O4.C10H16N2O/c1-33-14-9-15(34-2)19(25)17(18(14)24)12-4-5-13(21-20(12)27-7-8-28-21)23(32)30-16-6-3-11(10-29-16)22(26)31;1-24-10-7-11(25-2)14(19)12(13(10)18)8-3-4-9(17(22)23)16-15(8)20-5-6-21-16;1-12(2)7-8-13-10-5-3-9(11)4-6-10/h3-10H,1-2H3,(H2,26,31)(H,29,30,32);3-7H,1-2H3,(H,22,23);3-6H,7-8,11H2,1-2H3. The van der Waals surface area contributed by atoms with E-state index in [-0.39, 0.29) is 48.1 Å². The van der Waals surface area contributed by atoms with E-state index in [2.05, 4.69) is 35.1 Å². The summed E-state index contributed by atoms with van der Waals surface area (Å²) >= 11 is 26.1. The van der Waals surface area contributed by atoms with Crippen molar-refractivity contribution in [2.75, 3.05) is 66.7 Å². The molecule has 72 heavy (non-hydrogen) atoms. The highest BCUT2D eigenvalue weighted by molar-refractivity contribution is 6.42. The van der Waals surface area contributed by atoms with Crippen molar-refractivity contribution >= 4 is 97.8 Å². The van der Waals surface area contributed by atoms with Crippen LogP contribution >= 0.6 is 46.4 Å². The van der Waals surface area contributed by atoms with Gasteiger partial charge in [-0.25, -0.2) is 9.78 Å². The number of nitrogens with one attached hydrogen (secondary N) is 1. The number of carbonyl (C=O) groups excluding carboxylic acids is 2. The molecule has 0 aliphatic heterocycles. The van der Waals surface area contributed by atoms with E-state index in [1.807, 2.05) is 38.4 Å². The van der Waals surface area contributed by atoms with Gasteiger partial charge in [-0.3, -0.25) is 29.5 Å². The highest BCUT2D eigenvalue weighted by Crippen LogP contribution is 2.49. The molecule has 0 aliphatic rings. The highest BCUT2D eigenvalue weighted by Gasteiger charge is 2.25. The molecule has 8 aromatic rings. The SMILES string of the molecule is CN(C)CCOc1ccc(N)cc1.COc1cc(OC)c(Cl)c(-c2ccc(C(=O)Nc3ccc(C(N)=O)cn3)c3nccnc23)c1Cl.COc1cc(OC)c(Cl)c(-c2ccc(C(=O)O)c3nccnc23)c1Cl. The van der Waals surface area contributed by atoms with Gasteiger partial charge in [-0.2, -0.15) is 0 Å². The van der Waals surface area contributed by atoms with E-state index < -0.39 is 17.8 Å². The summed E-state index contributed by atoms with van der Waals surface area (Å²) in [6.07, 6.45) is 7.14. The second-order valence-corrected chi connectivity index (χ2v) is 16.7. The molecule has 0 atom stereocenters. The molecule has 0 saturated carbocycles. The first-order valence-corrected chi connectivity index (χ1v) is 22.7. The van der Waals surface area contributed by atoms with E-state index in [1.165, 1.54) is 77.6 Å². The number of hydrogen-bond donors (Lipinski definition) is 4. The van der Waals surface area contributed by atoms with Gasteiger partial charge in [-0.05, 0) is 62.6 Å². The molecular weight excluding hydrogens is 1010 g/mol. The van der Waals surface area contributed by atoms with Gasteiger partial charge in [0.1, 0.15) is 52.2 Å². The number of rotatable bonds is 14. The van der Waals surface area contributed by atoms with E-state index in [1.54, 1.807) is 30.3 Å². The van der Waals surface area contributed by atoms with Crippen molar-refractivity contribution in [3.8, 4) is 51.0 Å². The van der Waals surface area contributed by atoms with E-state index in [9.17, 15) is 19.5 Å². The molecule has 0 unspecified atom stereocenters. The highest BCUT2D eigenvalue weighted by atomic mass is 35.5. The molecule has 0 aliphatic carbocycles. The molecule has 2 amide bonds. The van der Waals surface area contributed by atoms with Crippen LogP contribution in [0.4, 0.5) is 11.5 Å². The van der Waals surface area contributed by atoms with Crippen LogP contribution in [-0.2, 0) is 0 Å². The number of nitrogen functional groups attached to an aromatic ring is 1. The first-order chi connectivity index (χ1) is 34.5. The van der Waals surface area contributed by atoms with Crippen molar-refractivity contribution in [3.63, 3.8) is 0 Å². The van der Waals surface area contributed by atoms with Gasteiger partial charge in [0, 0.05) is 77.6 Å². The molecule has 8 rings (SSSR count). The van der Waals surface area contributed by atoms with E-state index >= 15 is 0 Å². The summed E-state index contributed by atoms with van der Waals surface area (Å²) in [5, 5.41) is 13.1. The van der Waals surface area contributed by atoms with E-state index in [0.29, 0.717) is 68.4 Å². The number of ether oxygens (including phenoxy) is 5. The zero-order chi connectivity index (χ0) is 52.2. The Hall–Kier alpha value is -7.74.